The summed E-state index contributed by atoms with van der Waals surface area (Å²) in [5.74, 6) is -0.207. The Bertz CT molecular complexity index is 210. The molecular weight excluding hydrogens is 210 g/mol. The predicted octanol–water partition coefficient (Wildman–Crippen LogP) is 0.287. The molecule has 16 heavy (non-hydrogen) atoms. The van der Waals surface area contributed by atoms with E-state index in [1.54, 1.807) is 0 Å². The lowest BCUT2D eigenvalue weighted by Gasteiger charge is -2.32. The number of hydrogen-bond donors (Lipinski definition) is 0. The quantitative estimate of drug-likeness (QED) is 0.485. The SMILES string of the molecule is CCOCCOC(=O)[C@H]1COCCN1CC. The predicted molar refractivity (Wildman–Crippen MR) is 59.3 cm³/mol. The van der Waals surface area contributed by atoms with Gasteiger partial charge in [-0.15, -0.1) is 0 Å². The normalized spacial score (nSPS) is 22.0. The fourth-order valence-electron chi connectivity index (χ4n) is 1.68. The molecule has 1 fully saturated rings. The van der Waals surface area contributed by atoms with Gasteiger partial charge in [0.1, 0.15) is 12.6 Å². The van der Waals surface area contributed by atoms with Gasteiger partial charge in [-0.3, -0.25) is 9.69 Å². The summed E-state index contributed by atoms with van der Waals surface area (Å²) in [5, 5.41) is 0. The van der Waals surface area contributed by atoms with Crippen molar-refractivity contribution in [2.24, 2.45) is 0 Å². The minimum atomic E-state index is -0.250. The molecule has 1 saturated heterocycles. The summed E-state index contributed by atoms with van der Waals surface area (Å²) < 4.78 is 15.5. The molecule has 0 spiro atoms. The Morgan fingerprint density at radius 1 is 1.44 bits per heavy atom. The first kappa shape index (κ1) is 13.4. The zero-order valence-corrected chi connectivity index (χ0v) is 10.1. The zero-order valence-electron chi connectivity index (χ0n) is 10.1. The summed E-state index contributed by atoms with van der Waals surface area (Å²) in [6, 6.07) is -0.250. The molecule has 0 radical (unpaired) electrons. The number of esters is 1. The topological polar surface area (TPSA) is 48.0 Å². The van der Waals surface area contributed by atoms with Gasteiger partial charge in [0.15, 0.2) is 0 Å². The van der Waals surface area contributed by atoms with Crippen LogP contribution in [0.4, 0.5) is 0 Å². The summed E-state index contributed by atoms with van der Waals surface area (Å²) in [7, 11) is 0. The molecule has 0 unspecified atom stereocenters. The fraction of sp³-hybridized carbons (Fsp3) is 0.909. The number of rotatable bonds is 6. The van der Waals surface area contributed by atoms with Crippen LogP contribution in [0.5, 0.6) is 0 Å². The Labute approximate surface area is 96.6 Å². The van der Waals surface area contributed by atoms with Crippen molar-refractivity contribution in [3.63, 3.8) is 0 Å². The summed E-state index contributed by atoms with van der Waals surface area (Å²) >= 11 is 0. The number of carbonyl (C=O) groups is 1. The van der Waals surface area contributed by atoms with Gasteiger partial charge in [0.25, 0.3) is 0 Å². The maximum atomic E-state index is 11.7. The van der Waals surface area contributed by atoms with Crippen LogP contribution in [0.2, 0.25) is 0 Å². The highest BCUT2D eigenvalue weighted by Crippen LogP contribution is 2.07. The number of hydrogen-bond acceptors (Lipinski definition) is 5. The first-order valence-corrected chi connectivity index (χ1v) is 5.85. The van der Waals surface area contributed by atoms with Crippen LogP contribution in [0, 0.1) is 0 Å². The van der Waals surface area contributed by atoms with E-state index in [0.717, 1.165) is 13.1 Å². The van der Waals surface area contributed by atoms with Gasteiger partial charge in [0.2, 0.25) is 0 Å². The van der Waals surface area contributed by atoms with E-state index in [-0.39, 0.29) is 12.0 Å². The van der Waals surface area contributed by atoms with Crippen molar-refractivity contribution in [1.29, 1.82) is 0 Å². The van der Waals surface area contributed by atoms with Crippen molar-refractivity contribution in [3.05, 3.63) is 0 Å². The first-order valence-electron chi connectivity index (χ1n) is 5.85. The third kappa shape index (κ3) is 4.08. The van der Waals surface area contributed by atoms with E-state index < -0.39 is 0 Å². The highest BCUT2D eigenvalue weighted by molar-refractivity contribution is 5.76. The van der Waals surface area contributed by atoms with Crippen molar-refractivity contribution in [2.75, 3.05) is 46.1 Å². The van der Waals surface area contributed by atoms with Crippen LogP contribution in [-0.4, -0.2) is 63.0 Å². The summed E-state index contributed by atoms with van der Waals surface area (Å²) in [6.07, 6.45) is 0. The number of likely N-dealkylation sites (N-methyl/N-ethyl adjacent to an activating group) is 1. The van der Waals surface area contributed by atoms with Crippen molar-refractivity contribution in [3.8, 4) is 0 Å². The molecule has 0 saturated carbocycles. The average Bonchev–Trinajstić information content (AvgIpc) is 2.34. The van der Waals surface area contributed by atoms with Gasteiger partial charge < -0.3 is 14.2 Å². The van der Waals surface area contributed by atoms with E-state index in [0.29, 0.717) is 33.0 Å². The van der Waals surface area contributed by atoms with Gasteiger partial charge in [0.05, 0.1) is 19.8 Å². The molecule has 0 amide bonds. The molecule has 0 bridgehead atoms. The minimum absolute atomic E-state index is 0.207. The third-order valence-corrected chi connectivity index (χ3v) is 2.59. The molecular formula is C11H21NO4. The standard InChI is InChI=1S/C11H21NO4/c1-3-12-5-6-15-9-10(12)11(13)16-8-7-14-4-2/h10H,3-9H2,1-2H3/t10-/m1/s1. The second-order valence-corrected chi connectivity index (χ2v) is 3.58. The Morgan fingerprint density at radius 2 is 2.25 bits per heavy atom. The lowest BCUT2D eigenvalue weighted by atomic mass is 10.2. The van der Waals surface area contributed by atoms with E-state index in [2.05, 4.69) is 4.90 Å². The highest BCUT2D eigenvalue weighted by Gasteiger charge is 2.29. The van der Waals surface area contributed by atoms with Crippen molar-refractivity contribution in [2.45, 2.75) is 19.9 Å². The third-order valence-electron chi connectivity index (χ3n) is 2.59. The summed E-state index contributed by atoms with van der Waals surface area (Å²) in [6.45, 7) is 8.13. The Hall–Kier alpha value is -0.650. The van der Waals surface area contributed by atoms with Crippen LogP contribution in [0.25, 0.3) is 0 Å². The Kier molecular flexibility index (Phi) is 6.37. The zero-order chi connectivity index (χ0) is 11.8. The highest BCUT2D eigenvalue weighted by atomic mass is 16.6. The van der Waals surface area contributed by atoms with E-state index in [1.807, 2.05) is 13.8 Å². The molecule has 0 N–H and O–H groups in total. The van der Waals surface area contributed by atoms with E-state index in [4.69, 9.17) is 14.2 Å². The number of morpholine rings is 1. The van der Waals surface area contributed by atoms with Crippen LogP contribution in [-0.2, 0) is 19.0 Å². The lowest BCUT2D eigenvalue weighted by Crippen LogP contribution is -2.50. The maximum absolute atomic E-state index is 11.7. The largest absolute Gasteiger partial charge is 0.462 e. The lowest BCUT2D eigenvalue weighted by molar-refractivity contribution is -0.157. The van der Waals surface area contributed by atoms with Gasteiger partial charge >= 0.3 is 5.97 Å². The molecule has 0 aromatic heterocycles. The molecule has 0 aromatic rings. The monoisotopic (exact) mass is 231 g/mol. The van der Waals surface area contributed by atoms with Crippen LogP contribution in [0.3, 0.4) is 0 Å². The van der Waals surface area contributed by atoms with Crippen LogP contribution >= 0.6 is 0 Å². The molecule has 1 rings (SSSR count). The number of carbonyl (C=O) groups excluding carboxylic acids is 1. The Morgan fingerprint density at radius 3 is 2.94 bits per heavy atom. The van der Waals surface area contributed by atoms with Crippen LogP contribution in [0.1, 0.15) is 13.8 Å². The van der Waals surface area contributed by atoms with Crippen molar-refractivity contribution >= 4 is 5.97 Å². The van der Waals surface area contributed by atoms with Crippen LogP contribution in [0.15, 0.2) is 0 Å². The molecule has 0 aliphatic carbocycles. The fourth-order valence-corrected chi connectivity index (χ4v) is 1.68. The molecule has 5 nitrogen and oxygen atoms in total. The molecule has 1 aliphatic rings. The van der Waals surface area contributed by atoms with E-state index in [9.17, 15) is 4.79 Å². The van der Waals surface area contributed by atoms with Crippen molar-refractivity contribution in [1.82, 2.24) is 4.90 Å². The molecule has 94 valence electrons. The molecule has 0 aromatic carbocycles. The van der Waals surface area contributed by atoms with E-state index in [1.165, 1.54) is 0 Å². The van der Waals surface area contributed by atoms with Gasteiger partial charge in [-0.25, -0.2) is 0 Å². The van der Waals surface area contributed by atoms with Crippen molar-refractivity contribution < 1.29 is 19.0 Å². The van der Waals surface area contributed by atoms with E-state index >= 15 is 0 Å². The van der Waals surface area contributed by atoms with Gasteiger partial charge in [-0.05, 0) is 13.5 Å². The van der Waals surface area contributed by atoms with Gasteiger partial charge in [-0.1, -0.05) is 6.92 Å². The van der Waals surface area contributed by atoms with Gasteiger partial charge in [0, 0.05) is 13.2 Å². The molecule has 1 heterocycles. The second kappa shape index (κ2) is 7.60. The number of nitrogens with zero attached hydrogens (tertiary/aromatic N) is 1. The Balaban J connectivity index is 2.27. The molecule has 5 heteroatoms. The summed E-state index contributed by atoms with van der Waals surface area (Å²) in [5.41, 5.74) is 0. The maximum Gasteiger partial charge on any atom is 0.325 e. The average molecular weight is 231 g/mol. The van der Waals surface area contributed by atoms with Gasteiger partial charge in [-0.2, -0.15) is 0 Å². The van der Waals surface area contributed by atoms with Crippen LogP contribution < -0.4 is 0 Å². The molecule has 1 aliphatic heterocycles. The number of ether oxygens (including phenoxy) is 3. The first-order chi connectivity index (χ1) is 7.79. The molecule has 1 atom stereocenters. The second-order valence-electron chi connectivity index (χ2n) is 3.58. The summed E-state index contributed by atoms with van der Waals surface area (Å²) in [4.78, 5) is 13.8. The smallest absolute Gasteiger partial charge is 0.325 e. The minimum Gasteiger partial charge on any atom is -0.462 e.